The lowest BCUT2D eigenvalue weighted by molar-refractivity contribution is -0.144. The van der Waals surface area contributed by atoms with Crippen molar-refractivity contribution in [2.24, 2.45) is 11.3 Å². The predicted octanol–water partition coefficient (Wildman–Crippen LogP) is 3.68. The van der Waals surface area contributed by atoms with E-state index in [-0.39, 0.29) is 17.3 Å². The Morgan fingerprint density at radius 1 is 1.29 bits per heavy atom. The van der Waals surface area contributed by atoms with E-state index in [1.54, 1.807) is 0 Å². The van der Waals surface area contributed by atoms with Gasteiger partial charge < -0.3 is 5.11 Å². The Morgan fingerprint density at radius 3 is 2.53 bits per heavy atom. The topological polar surface area (TPSA) is 37.3 Å². The highest BCUT2D eigenvalue weighted by Gasteiger charge is 2.39. The fourth-order valence-electron chi connectivity index (χ4n) is 2.93. The molecule has 2 atom stereocenters. The molecule has 1 fully saturated rings. The van der Waals surface area contributed by atoms with Crippen molar-refractivity contribution >= 4 is 5.97 Å². The van der Waals surface area contributed by atoms with Crippen LogP contribution in [0.15, 0.2) is 30.3 Å². The molecule has 1 aliphatic carbocycles. The summed E-state index contributed by atoms with van der Waals surface area (Å²) in [6, 6.07) is 10.1. The van der Waals surface area contributed by atoms with Gasteiger partial charge in [0, 0.05) is 0 Å². The van der Waals surface area contributed by atoms with Crippen molar-refractivity contribution in [2.45, 2.75) is 39.0 Å². The normalized spacial score (nSPS) is 27.6. The third-order valence-electron chi connectivity index (χ3n) is 3.94. The molecular weight excluding hydrogens is 212 g/mol. The van der Waals surface area contributed by atoms with E-state index in [2.05, 4.69) is 26.0 Å². The van der Waals surface area contributed by atoms with Gasteiger partial charge in [-0.3, -0.25) is 4.79 Å². The molecule has 2 rings (SSSR count). The van der Waals surface area contributed by atoms with Gasteiger partial charge in [-0.05, 0) is 36.2 Å². The average molecular weight is 232 g/mol. The first kappa shape index (κ1) is 12.2. The summed E-state index contributed by atoms with van der Waals surface area (Å²) in [5.41, 5.74) is 1.43. The predicted molar refractivity (Wildman–Crippen MR) is 67.9 cm³/mol. The molecule has 0 aromatic heterocycles. The summed E-state index contributed by atoms with van der Waals surface area (Å²) >= 11 is 0. The van der Waals surface area contributed by atoms with Gasteiger partial charge in [0.05, 0.1) is 5.92 Å². The first-order valence-electron chi connectivity index (χ1n) is 6.27. The van der Waals surface area contributed by atoms with E-state index >= 15 is 0 Å². The number of benzene rings is 1. The van der Waals surface area contributed by atoms with Gasteiger partial charge in [0.2, 0.25) is 0 Å². The van der Waals surface area contributed by atoms with Gasteiger partial charge in [-0.1, -0.05) is 44.2 Å². The third kappa shape index (κ3) is 2.68. The second kappa shape index (κ2) is 4.52. The van der Waals surface area contributed by atoms with Crippen molar-refractivity contribution in [1.82, 2.24) is 0 Å². The van der Waals surface area contributed by atoms with E-state index in [4.69, 9.17) is 0 Å². The summed E-state index contributed by atoms with van der Waals surface area (Å²) < 4.78 is 0. The summed E-state index contributed by atoms with van der Waals surface area (Å²) in [5.74, 6) is -0.697. The summed E-state index contributed by atoms with van der Waals surface area (Å²) in [4.78, 5) is 11.3. The van der Waals surface area contributed by atoms with Crippen LogP contribution in [-0.4, -0.2) is 11.1 Å². The first-order chi connectivity index (χ1) is 7.99. The van der Waals surface area contributed by atoms with Crippen molar-refractivity contribution < 1.29 is 9.90 Å². The van der Waals surface area contributed by atoms with Crippen LogP contribution < -0.4 is 0 Å². The highest BCUT2D eigenvalue weighted by molar-refractivity contribution is 5.71. The lowest BCUT2D eigenvalue weighted by Gasteiger charge is -2.39. The lowest BCUT2D eigenvalue weighted by atomic mass is 9.65. The molecule has 0 spiro atoms. The summed E-state index contributed by atoms with van der Waals surface area (Å²) in [6.07, 6.45) is 2.77. The Hall–Kier alpha value is -1.31. The van der Waals surface area contributed by atoms with E-state index in [1.807, 2.05) is 18.2 Å². The lowest BCUT2D eigenvalue weighted by Crippen LogP contribution is -2.32. The van der Waals surface area contributed by atoms with Crippen LogP contribution in [0.3, 0.4) is 0 Å². The van der Waals surface area contributed by atoms with Crippen molar-refractivity contribution in [3.63, 3.8) is 0 Å². The highest BCUT2D eigenvalue weighted by Crippen LogP contribution is 2.46. The molecule has 0 amide bonds. The standard InChI is InChI=1S/C15H20O2/c1-15(2)9-8-12(14(16)17)13(10-15)11-6-4-3-5-7-11/h3-7,12-13H,8-10H2,1-2H3,(H,16,17)/t12-,13+/m1/s1. The molecule has 92 valence electrons. The van der Waals surface area contributed by atoms with Gasteiger partial charge in [0.1, 0.15) is 0 Å². The minimum Gasteiger partial charge on any atom is -0.481 e. The average Bonchev–Trinajstić information content (AvgIpc) is 2.28. The van der Waals surface area contributed by atoms with Gasteiger partial charge in [-0.25, -0.2) is 0 Å². The van der Waals surface area contributed by atoms with Gasteiger partial charge in [0.25, 0.3) is 0 Å². The summed E-state index contributed by atoms with van der Waals surface area (Å²) in [5, 5.41) is 9.34. The Bertz CT molecular complexity index is 395. The van der Waals surface area contributed by atoms with Gasteiger partial charge >= 0.3 is 5.97 Å². The number of hydrogen-bond acceptors (Lipinski definition) is 1. The van der Waals surface area contributed by atoms with Crippen molar-refractivity contribution in [3.05, 3.63) is 35.9 Å². The van der Waals surface area contributed by atoms with Gasteiger partial charge in [-0.2, -0.15) is 0 Å². The Kier molecular flexibility index (Phi) is 3.23. The largest absolute Gasteiger partial charge is 0.481 e. The second-order valence-electron chi connectivity index (χ2n) is 5.87. The van der Waals surface area contributed by atoms with Crippen molar-refractivity contribution in [2.75, 3.05) is 0 Å². The summed E-state index contributed by atoms with van der Waals surface area (Å²) in [7, 11) is 0. The minimum absolute atomic E-state index is 0.164. The zero-order chi connectivity index (χ0) is 12.5. The van der Waals surface area contributed by atoms with Crippen molar-refractivity contribution in [1.29, 1.82) is 0 Å². The summed E-state index contributed by atoms with van der Waals surface area (Å²) in [6.45, 7) is 4.47. The number of rotatable bonds is 2. The van der Waals surface area contributed by atoms with Crippen LogP contribution in [0.25, 0.3) is 0 Å². The fourth-order valence-corrected chi connectivity index (χ4v) is 2.93. The molecule has 1 aliphatic rings. The molecule has 2 heteroatoms. The molecule has 0 heterocycles. The Balaban J connectivity index is 2.29. The molecule has 0 unspecified atom stereocenters. The van der Waals surface area contributed by atoms with E-state index < -0.39 is 5.97 Å². The highest BCUT2D eigenvalue weighted by atomic mass is 16.4. The molecule has 1 saturated carbocycles. The van der Waals surface area contributed by atoms with E-state index in [1.165, 1.54) is 5.56 Å². The van der Waals surface area contributed by atoms with Crippen LogP contribution in [0.5, 0.6) is 0 Å². The number of carboxylic acid groups (broad SMARTS) is 1. The SMILES string of the molecule is CC1(C)CC[C@@H](C(=O)O)[C@H](c2ccccc2)C1. The van der Waals surface area contributed by atoms with Crippen LogP contribution >= 0.6 is 0 Å². The molecule has 0 aliphatic heterocycles. The number of carbonyl (C=O) groups is 1. The first-order valence-corrected chi connectivity index (χ1v) is 6.27. The quantitative estimate of drug-likeness (QED) is 0.844. The van der Waals surface area contributed by atoms with Gasteiger partial charge in [-0.15, -0.1) is 0 Å². The zero-order valence-corrected chi connectivity index (χ0v) is 10.5. The molecule has 1 aromatic carbocycles. The Labute approximate surface area is 103 Å². The van der Waals surface area contributed by atoms with Crippen LogP contribution in [0.1, 0.15) is 44.6 Å². The Morgan fingerprint density at radius 2 is 1.94 bits per heavy atom. The van der Waals surface area contributed by atoms with Crippen molar-refractivity contribution in [3.8, 4) is 0 Å². The minimum atomic E-state index is -0.644. The van der Waals surface area contributed by atoms with Gasteiger partial charge in [0.15, 0.2) is 0 Å². The second-order valence-corrected chi connectivity index (χ2v) is 5.87. The van der Waals surface area contributed by atoms with Crippen LogP contribution in [-0.2, 0) is 4.79 Å². The maximum atomic E-state index is 11.3. The fraction of sp³-hybridized carbons (Fsp3) is 0.533. The molecular formula is C15H20O2. The molecule has 0 radical (unpaired) electrons. The number of aliphatic carboxylic acids is 1. The van der Waals surface area contributed by atoms with Crippen LogP contribution in [0.4, 0.5) is 0 Å². The number of carboxylic acids is 1. The van der Waals surface area contributed by atoms with E-state index in [0.29, 0.717) is 0 Å². The third-order valence-corrected chi connectivity index (χ3v) is 3.94. The van der Waals surface area contributed by atoms with E-state index in [9.17, 15) is 9.90 Å². The smallest absolute Gasteiger partial charge is 0.307 e. The molecule has 1 aromatic rings. The monoisotopic (exact) mass is 232 g/mol. The molecule has 17 heavy (non-hydrogen) atoms. The maximum Gasteiger partial charge on any atom is 0.307 e. The molecule has 2 nitrogen and oxygen atoms in total. The maximum absolute atomic E-state index is 11.3. The molecule has 0 bridgehead atoms. The van der Waals surface area contributed by atoms with Crippen LogP contribution in [0.2, 0.25) is 0 Å². The zero-order valence-electron chi connectivity index (χ0n) is 10.5. The van der Waals surface area contributed by atoms with Crippen LogP contribution in [0, 0.1) is 11.3 Å². The molecule has 0 saturated heterocycles. The molecule has 1 N–H and O–H groups in total. The van der Waals surface area contributed by atoms with E-state index in [0.717, 1.165) is 19.3 Å². The number of hydrogen-bond donors (Lipinski definition) is 1.